The van der Waals surface area contributed by atoms with Crippen LogP contribution < -0.4 is 9.47 Å². The summed E-state index contributed by atoms with van der Waals surface area (Å²) in [5, 5.41) is 0. The molecule has 2 heterocycles. The molecule has 0 fully saturated rings. The number of para-hydroxylation sites is 4. The molecule has 0 unspecified atom stereocenters. The average molecular weight is 707 g/mol. The van der Waals surface area contributed by atoms with Crippen molar-refractivity contribution in [3.8, 4) is 34.4 Å². The lowest BCUT2D eigenvalue weighted by Gasteiger charge is -2.33. The third-order valence-corrected chi connectivity index (χ3v) is 11.1. The molecule has 0 N–H and O–H groups in total. The summed E-state index contributed by atoms with van der Waals surface area (Å²) in [7, 11) is 0. The lowest BCUT2D eigenvalue weighted by atomic mass is 9.70. The van der Waals surface area contributed by atoms with E-state index in [2.05, 4.69) is 61.9 Å². The minimum atomic E-state index is -0.0712. The van der Waals surface area contributed by atoms with Gasteiger partial charge in [0.05, 0.1) is 34.5 Å². The Morgan fingerprint density at radius 3 is 1.32 bits per heavy atom. The zero-order valence-electron chi connectivity index (χ0n) is 32.1. The fourth-order valence-electron chi connectivity index (χ4n) is 8.26. The SMILES string of the molecule is CCCCCCCCC1(CCCCCCCC)c2cc(C)c(Oc3cnc4ccccc4n3)cc2-c2cc(Oc3cnc4ccccc4n3)c(C)cc21. The van der Waals surface area contributed by atoms with Crippen LogP contribution >= 0.6 is 0 Å². The molecule has 0 radical (unpaired) electrons. The van der Waals surface area contributed by atoms with Crippen LogP contribution in [0, 0.1) is 13.8 Å². The smallest absolute Gasteiger partial charge is 0.238 e. The van der Waals surface area contributed by atoms with Crippen LogP contribution in [0.3, 0.4) is 0 Å². The Kier molecular flexibility index (Phi) is 11.6. The van der Waals surface area contributed by atoms with E-state index in [0.29, 0.717) is 11.8 Å². The highest BCUT2D eigenvalue weighted by Crippen LogP contribution is 2.57. The molecule has 6 heteroatoms. The van der Waals surface area contributed by atoms with E-state index < -0.39 is 0 Å². The van der Waals surface area contributed by atoms with Crippen molar-refractivity contribution in [2.45, 2.75) is 123 Å². The monoisotopic (exact) mass is 706 g/mol. The van der Waals surface area contributed by atoms with Gasteiger partial charge in [-0.2, -0.15) is 0 Å². The van der Waals surface area contributed by atoms with Crippen molar-refractivity contribution in [3.05, 3.63) is 107 Å². The Hall–Kier alpha value is -4.84. The molecule has 1 aliphatic rings. The first-order chi connectivity index (χ1) is 26.0. The number of hydrogen-bond donors (Lipinski definition) is 0. The number of fused-ring (bicyclic) bond motifs is 5. The van der Waals surface area contributed by atoms with Gasteiger partial charge in [-0.1, -0.05) is 127 Å². The topological polar surface area (TPSA) is 70.0 Å². The van der Waals surface area contributed by atoms with Crippen LogP contribution in [0.25, 0.3) is 33.2 Å². The summed E-state index contributed by atoms with van der Waals surface area (Å²) in [5.41, 5.74) is 10.8. The van der Waals surface area contributed by atoms with Crippen LogP contribution in [0.15, 0.2) is 85.2 Å². The molecule has 1 aliphatic carbocycles. The highest BCUT2D eigenvalue weighted by atomic mass is 16.5. The maximum Gasteiger partial charge on any atom is 0.238 e. The molecule has 0 aliphatic heterocycles. The Balaban J connectivity index is 1.29. The van der Waals surface area contributed by atoms with E-state index in [9.17, 15) is 0 Å². The molecule has 4 aromatic carbocycles. The average Bonchev–Trinajstić information content (AvgIpc) is 3.41. The normalized spacial score (nSPS) is 13.0. The van der Waals surface area contributed by atoms with E-state index in [-0.39, 0.29) is 5.41 Å². The highest BCUT2D eigenvalue weighted by molar-refractivity contribution is 5.84. The molecule has 53 heavy (non-hydrogen) atoms. The van der Waals surface area contributed by atoms with Crippen molar-refractivity contribution in [1.29, 1.82) is 0 Å². The van der Waals surface area contributed by atoms with Crippen LogP contribution in [-0.2, 0) is 5.41 Å². The number of nitrogens with zero attached hydrogens (tertiary/aromatic N) is 4. The maximum atomic E-state index is 6.57. The second-order valence-electron chi connectivity index (χ2n) is 15.0. The molecule has 0 saturated carbocycles. The van der Waals surface area contributed by atoms with Gasteiger partial charge in [0.1, 0.15) is 11.5 Å². The Morgan fingerprint density at radius 2 is 0.887 bits per heavy atom. The van der Waals surface area contributed by atoms with Gasteiger partial charge in [0.2, 0.25) is 11.8 Å². The van der Waals surface area contributed by atoms with Gasteiger partial charge in [-0.15, -0.1) is 0 Å². The van der Waals surface area contributed by atoms with Crippen LogP contribution in [0.1, 0.15) is 126 Å². The molecule has 6 nitrogen and oxygen atoms in total. The van der Waals surface area contributed by atoms with Gasteiger partial charge in [-0.05, 0) is 96.5 Å². The van der Waals surface area contributed by atoms with Crippen LogP contribution in [0.4, 0.5) is 0 Å². The van der Waals surface area contributed by atoms with Gasteiger partial charge in [0.25, 0.3) is 0 Å². The Morgan fingerprint density at radius 1 is 0.491 bits per heavy atom. The van der Waals surface area contributed by atoms with Crippen molar-refractivity contribution in [2.75, 3.05) is 0 Å². The number of aromatic nitrogens is 4. The van der Waals surface area contributed by atoms with Crippen molar-refractivity contribution >= 4 is 22.1 Å². The van der Waals surface area contributed by atoms with E-state index >= 15 is 0 Å². The number of rotatable bonds is 18. The third kappa shape index (κ3) is 8.07. The molecule has 274 valence electrons. The van der Waals surface area contributed by atoms with Crippen molar-refractivity contribution < 1.29 is 9.47 Å². The first-order valence-electron chi connectivity index (χ1n) is 20.1. The third-order valence-electron chi connectivity index (χ3n) is 11.1. The van der Waals surface area contributed by atoms with E-state index in [1.807, 2.05) is 48.5 Å². The summed E-state index contributed by atoms with van der Waals surface area (Å²) in [5.74, 6) is 2.60. The lowest BCUT2D eigenvalue weighted by Crippen LogP contribution is -2.26. The Bertz CT molecular complexity index is 2020. The fourth-order valence-corrected chi connectivity index (χ4v) is 8.26. The summed E-state index contributed by atoms with van der Waals surface area (Å²) in [6.45, 7) is 8.93. The molecule has 0 saturated heterocycles. The predicted molar refractivity (Wildman–Crippen MR) is 217 cm³/mol. The first-order valence-corrected chi connectivity index (χ1v) is 20.1. The number of aryl methyl sites for hydroxylation is 2. The molecule has 2 aromatic heterocycles. The maximum absolute atomic E-state index is 6.57. The van der Waals surface area contributed by atoms with Gasteiger partial charge in [0, 0.05) is 5.41 Å². The molecule has 7 rings (SSSR count). The predicted octanol–water partition coefficient (Wildman–Crippen LogP) is 13.5. The van der Waals surface area contributed by atoms with Gasteiger partial charge in [-0.3, -0.25) is 0 Å². The molecule has 0 spiro atoms. The highest BCUT2D eigenvalue weighted by Gasteiger charge is 2.43. The van der Waals surface area contributed by atoms with Crippen molar-refractivity contribution in [2.24, 2.45) is 0 Å². The summed E-state index contributed by atoms with van der Waals surface area (Å²) in [4.78, 5) is 18.8. The standard InChI is InChI=1S/C47H54N4O2/c1-5-7-9-11-13-19-25-47(26-20-14-12-10-8-6-2)37-27-33(3)43(52-45-31-48-39-21-15-17-23-41(39)50-45)29-35(37)36-30-44(34(4)28-38(36)47)53-46-32-49-40-22-16-18-24-42(40)51-46/h15-18,21-24,27-32H,5-14,19-20,25-26H2,1-4H3. The van der Waals surface area contributed by atoms with Crippen LogP contribution in [0.5, 0.6) is 23.3 Å². The van der Waals surface area contributed by atoms with Crippen LogP contribution in [0.2, 0.25) is 0 Å². The number of benzene rings is 4. The first kappa shape index (κ1) is 36.5. The fraction of sp³-hybridized carbons (Fsp3) is 0.404. The molecule has 6 aromatic rings. The molecular weight excluding hydrogens is 653 g/mol. The van der Waals surface area contributed by atoms with Crippen molar-refractivity contribution in [1.82, 2.24) is 19.9 Å². The summed E-state index contributed by atoms with van der Waals surface area (Å²) >= 11 is 0. The number of unbranched alkanes of at least 4 members (excludes halogenated alkanes) is 10. The lowest BCUT2D eigenvalue weighted by molar-refractivity contribution is 0.396. The number of ether oxygens (including phenoxy) is 2. The van der Waals surface area contributed by atoms with Gasteiger partial charge < -0.3 is 9.47 Å². The minimum Gasteiger partial charge on any atom is -0.437 e. The number of hydrogen-bond acceptors (Lipinski definition) is 6. The Labute approximate surface area is 315 Å². The zero-order chi connectivity index (χ0) is 36.6. The quantitative estimate of drug-likeness (QED) is 0.0829. The molecular formula is C47H54N4O2. The van der Waals surface area contributed by atoms with Gasteiger partial charge in [0.15, 0.2) is 0 Å². The second-order valence-corrected chi connectivity index (χ2v) is 15.0. The van der Waals surface area contributed by atoms with E-state index in [1.165, 1.54) is 99.3 Å². The van der Waals surface area contributed by atoms with E-state index in [1.54, 1.807) is 12.4 Å². The van der Waals surface area contributed by atoms with Crippen molar-refractivity contribution in [3.63, 3.8) is 0 Å². The largest absolute Gasteiger partial charge is 0.437 e. The van der Waals surface area contributed by atoms with Gasteiger partial charge in [-0.25, -0.2) is 19.9 Å². The van der Waals surface area contributed by atoms with Crippen LogP contribution in [-0.4, -0.2) is 19.9 Å². The minimum absolute atomic E-state index is 0.0712. The zero-order valence-corrected chi connectivity index (χ0v) is 32.1. The summed E-state index contributed by atoms with van der Waals surface area (Å²) in [6.07, 6.45) is 21.1. The van der Waals surface area contributed by atoms with E-state index in [4.69, 9.17) is 19.4 Å². The molecule has 0 bridgehead atoms. The summed E-state index contributed by atoms with van der Waals surface area (Å²) in [6, 6.07) is 25.2. The van der Waals surface area contributed by atoms with E-state index in [0.717, 1.165) is 57.5 Å². The van der Waals surface area contributed by atoms with Gasteiger partial charge >= 0.3 is 0 Å². The molecule has 0 atom stereocenters. The molecule has 0 amide bonds. The second kappa shape index (κ2) is 16.9. The summed E-state index contributed by atoms with van der Waals surface area (Å²) < 4.78 is 13.1.